The molecule has 76 valence electrons. The Kier molecular flexibility index (Phi) is 2.46. The van der Waals surface area contributed by atoms with E-state index in [2.05, 4.69) is 32.0 Å². The highest BCUT2D eigenvalue weighted by Crippen LogP contribution is 2.28. The summed E-state index contributed by atoms with van der Waals surface area (Å²) >= 11 is 0. The lowest BCUT2D eigenvalue weighted by molar-refractivity contribution is 0.475. The summed E-state index contributed by atoms with van der Waals surface area (Å²) in [5.74, 6) is 0.310. The Morgan fingerprint density at radius 3 is 1.87 bits per heavy atom. The Labute approximate surface area is 90.0 Å². The highest BCUT2D eigenvalue weighted by atomic mass is 16.3. The number of hydrogen-bond donors (Lipinski definition) is 1. The standard InChI is InChI=1S/C14H14O/c1-10-4-3-5-11(2)14(10)12-6-8-13(15)9-7-12/h3-9,15H,1-2H3. The van der Waals surface area contributed by atoms with Gasteiger partial charge in [-0.1, -0.05) is 30.3 Å². The SMILES string of the molecule is Cc1cccc(C)c1-c1ccc(O)cc1. The van der Waals surface area contributed by atoms with E-state index < -0.39 is 0 Å². The molecule has 0 saturated carbocycles. The second kappa shape index (κ2) is 3.77. The molecule has 0 aliphatic carbocycles. The molecular weight excluding hydrogens is 184 g/mol. The minimum absolute atomic E-state index is 0.310. The number of benzene rings is 2. The smallest absolute Gasteiger partial charge is 0.115 e. The number of phenols is 1. The molecule has 2 aromatic carbocycles. The molecule has 1 heteroatoms. The second-order valence-corrected chi connectivity index (χ2v) is 3.81. The van der Waals surface area contributed by atoms with Crippen LogP contribution in [-0.2, 0) is 0 Å². The van der Waals surface area contributed by atoms with Gasteiger partial charge in [-0.3, -0.25) is 0 Å². The molecule has 0 atom stereocenters. The average molecular weight is 198 g/mol. The van der Waals surface area contributed by atoms with Crippen molar-refractivity contribution in [3.63, 3.8) is 0 Å². The molecule has 0 heterocycles. The molecule has 0 amide bonds. The van der Waals surface area contributed by atoms with Crippen LogP contribution in [0.25, 0.3) is 11.1 Å². The van der Waals surface area contributed by atoms with Gasteiger partial charge in [-0.2, -0.15) is 0 Å². The lowest BCUT2D eigenvalue weighted by Crippen LogP contribution is -1.86. The van der Waals surface area contributed by atoms with Crippen LogP contribution in [0.2, 0.25) is 0 Å². The Morgan fingerprint density at radius 1 is 0.800 bits per heavy atom. The van der Waals surface area contributed by atoms with Crippen LogP contribution >= 0.6 is 0 Å². The fourth-order valence-electron chi connectivity index (χ4n) is 1.90. The molecule has 0 fully saturated rings. The topological polar surface area (TPSA) is 20.2 Å². The molecule has 0 saturated heterocycles. The van der Waals surface area contributed by atoms with Crippen molar-refractivity contribution >= 4 is 0 Å². The summed E-state index contributed by atoms with van der Waals surface area (Å²) in [5, 5.41) is 9.24. The van der Waals surface area contributed by atoms with Gasteiger partial charge in [0.25, 0.3) is 0 Å². The van der Waals surface area contributed by atoms with E-state index in [1.807, 2.05) is 12.1 Å². The molecule has 1 nitrogen and oxygen atoms in total. The highest BCUT2D eigenvalue weighted by molar-refractivity contribution is 5.71. The van der Waals surface area contributed by atoms with Crippen molar-refractivity contribution in [1.29, 1.82) is 0 Å². The third-order valence-electron chi connectivity index (χ3n) is 2.64. The zero-order chi connectivity index (χ0) is 10.8. The lowest BCUT2D eigenvalue weighted by atomic mass is 9.96. The van der Waals surface area contributed by atoms with E-state index in [4.69, 9.17) is 0 Å². The summed E-state index contributed by atoms with van der Waals surface area (Å²) in [6.45, 7) is 4.21. The van der Waals surface area contributed by atoms with Gasteiger partial charge in [0.05, 0.1) is 0 Å². The van der Waals surface area contributed by atoms with Gasteiger partial charge >= 0.3 is 0 Å². The Bertz CT molecular complexity index is 449. The first-order valence-electron chi connectivity index (χ1n) is 5.04. The van der Waals surface area contributed by atoms with Crippen molar-refractivity contribution in [2.45, 2.75) is 13.8 Å². The summed E-state index contributed by atoms with van der Waals surface area (Å²) in [4.78, 5) is 0. The minimum atomic E-state index is 0.310. The molecule has 2 aromatic rings. The van der Waals surface area contributed by atoms with Crippen molar-refractivity contribution in [1.82, 2.24) is 0 Å². The van der Waals surface area contributed by atoms with E-state index >= 15 is 0 Å². The van der Waals surface area contributed by atoms with Gasteiger partial charge in [0.15, 0.2) is 0 Å². The minimum Gasteiger partial charge on any atom is -0.508 e. The number of rotatable bonds is 1. The van der Waals surface area contributed by atoms with Crippen molar-refractivity contribution in [2.75, 3.05) is 0 Å². The van der Waals surface area contributed by atoms with Gasteiger partial charge < -0.3 is 5.11 Å². The number of hydrogen-bond acceptors (Lipinski definition) is 1. The van der Waals surface area contributed by atoms with Gasteiger partial charge in [-0.25, -0.2) is 0 Å². The quantitative estimate of drug-likeness (QED) is 0.741. The summed E-state index contributed by atoms with van der Waals surface area (Å²) in [7, 11) is 0. The summed E-state index contributed by atoms with van der Waals surface area (Å²) in [6, 6.07) is 13.6. The monoisotopic (exact) mass is 198 g/mol. The van der Waals surface area contributed by atoms with Crippen LogP contribution in [0.15, 0.2) is 42.5 Å². The zero-order valence-corrected chi connectivity index (χ0v) is 8.99. The molecule has 0 aliphatic rings. The van der Waals surface area contributed by atoms with Crippen molar-refractivity contribution in [2.24, 2.45) is 0 Å². The third kappa shape index (κ3) is 1.86. The first kappa shape index (κ1) is 9.78. The van der Waals surface area contributed by atoms with Crippen LogP contribution < -0.4 is 0 Å². The molecule has 0 unspecified atom stereocenters. The van der Waals surface area contributed by atoms with Crippen LogP contribution in [0, 0.1) is 13.8 Å². The molecular formula is C14H14O. The van der Waals surface area contributed by atoms with E-state index in [1.165, 1.54) is 16.7 Å². The first-order valence-corrected chi connectivity index (χ1v) is 5.04. The molecule has 15 heavy (non-hydrogen) atoms. The number of phenolic OH excluding ortho intramolecular Hbond substituents is 1. The highest BCUT2D eigenvalue weighted by Gasteiger charge is 2.04. The molecule has 0 spiro atoms. The predicted molar refractivity (Wildman–Crippen MR) is 63.0 cm³/mol. The molecule has 1 N–H and O–H groups in total. The fraction of sp³-hybridized carbons (Fsp3) is 0.143. The lowest BCUT2D eigenvalue weighted by Gasteiger charge is -2.09. The average Bonchev–Trinajstić information content (AvgIpc) is 2.20. The van der Waals surface area contributed by atoms with E-state index in [-0.39, 0.29) is 0 Å². The van der Waals surface area contributed by atoms with Crippen molar-refractivity contribution in [3.05, 3.63) is 53.6 Å². The van der Waals surface area contributed by atoms with Gasteiger partial charge in [0.2, 0.25) is 0 Å². The first-order chi connectivity index (χ1) is 7.18. The van der Waals surface area contributed by atoms with Gasteiger partial charge in [-0.15, -0.1) is 0 Å². The molecule has 0 radical (unpaired) electrons. The Morgan fingerprint density at radius 2 is 1.33 bits per heavy atom. The summed E-state index contributed by atoms with van der Waals surface area (Å²) in [5.41, 5.74) is 4.95. The number of aryl methyl sites for hydroxylation is 2. The Hall–Kier alpha value is -1.76. The summed E-state index contributed by atoms with van der Waals surface area (Å²) < 4.78 is 0. The maximum absolute atomic E-state index is 9.24. The van der Waals surface area contributed by atoms with E-state index in [9.17, 15) is 5.11 Å². The molecule has 2 rings (SSSR count). The van der Waals surface area contributed by atoms with Gasteiger partial charge in [0.1, 0.15) is 5.75 Å². The number of aromatic hydroxyl groups is 1. The van der Waals surface area contributed by atoms with Crippen molar-refractivity contribution < 1.29 is 5.11 Å². The maximum atomic E-state index is 9.24. The molecule has 0 bridgehead atoms. The second-order valence-electron chi connectivity index (χ2n) is 3.81. The van der Waals surface area contributed by atoms with Crippen LogP contribution in [0.1, 0.15) is 11.1 Å². The molecule has 0 aliphatic heterocycles. The largest absolute Gasteiger partial charge is 0.508 e. The maximum Gasteiger partial charge on any atom is 0.115 e. The third-order valence-corrected chi connectivity index (χ3v) is 2.64. The predicted octanol–water partition coefficient (Wildman–Crippen LogP) is 3.68. The van der Waals surface area contributed by atoms with Crippen LogP contribution in [-0.4, -0.2) is 5.11 Å². The van der Waals surface area contributed by atoms with Crippen molar-refractivity contribution in [3.8, 4) is 16.9 Å². The fourth-order valence-corrected chi connectivity index (χ4v) is 1.90. The Balaban J connectivity index is 2.58. The summed E-state index contributed by atoms with van der Waals surface area (Å²) in [6.07, 6.45) is 0. The van der Waals surface area contributed by atoms with E-state index in [1.54, 1.807) is 12.1 Å². The molecule has 0 aromatic heterocycles. The van der Waals surface area contributed by atoms with Crippen LogP contribution in [0.5, 0.6) is 5.75 Å². The normalized spacial score (nSPS) is 10.3. The van der Waals surface area contributed by atoms with Gasteiger partial charge in [-0.05, 0) is 48.2 Å². The van der Waals surface area contributed by atoms with Crippen LogP contribution in [0.3, 0.4) is 0 Å². The van der Waals surface area contributed by atoms with Crippen LogP contribution in [0.4, 0.5) is 0 Å². The van der Waals surface area contributed by atoms with E-state index in [0.29, 0.717) is 5.75 Å². The zero-order valence-electron chi connectivity index (χ0n) is 8.99. The van der Waals surface area contributed by atoms with Gasteiger partial charge in [0, 0.05) is 0 Å². The van der Waals surface area contributed by atoms with E-state index in [0.717, 1.165) is 5.56 Å².